The molecule has 3 aromatic heterocycles. The molecular weight excluding hydrogens is 358 g/mol. The maximum Gasteiger partial charge on any atom is 0.266 e. The summed E-state index contributed by atoms with van der Waals surface area (Å²) >= 11 is 1.30. The molecule has 6 heteroatoms. The second-order valence-electron chi connectivity index (χ2n) is 8.71. The van der Waals surface area contributed by atoms with E-state index in [4.69, 9.17) is 0 Å². The van der Waals surface area contributed by atoms with E-state index in [-0.39, 0.29) is 22.9 Å². The van der Waals surface area contributed by atoms with Crippen LogP contribution in [0.15, 0.2) is 29.2 Å². The van der Waals surface area contributed by atoms with E-state index in [1.165, 1.54) is 17.8 Å². The highest BCUT2D eigenvalue weighted by molar-refractivity contribution is 7.20. The van der Waals surface area contributed by atoms with Crippen LogP contribution >= 0.6 is 11.3 Å². The molecule has 1 N–H and O–H groups in total. The fraction of sp³-hybridized carbons (Fsp3) is 0.476. The lowest BCUT2D eigenvalue weighted by Gasteiger charge is -2.39. The van der Waals surface area contributed by atoms with Crippen LogP contribution in [0.25, 0.3) is 15.9 Å². The Labute approximate surface area is 162 Å². The first-order valence-corrected chi connectivity index (χ1v) is 10.3. The summed E-state index contributed by atoms with van der Waals surface area (Å²) in [6, 6.07) is 5.64. The summed E-state index contributed by atoms with van der Waals surface area (Å²) in [6.45, 7) is 8.71. The van der Waals surface area contributed by atoms with Crippen molar-refractivity contribution in [3.05, 3.63) is 45.2 Å². The molecule has 0 aromatic carbocycles. The standard InChI is InChI=1S/C21H25N3O2S/c1-12-8-14(11-21(3,4)10-12)22-18(25)16-9-15-19(27-16)23-17-13(2)6-5-7-24(17)20(15)26/h5-7,9,12,14H,8,10-11H2,1-4H3,(H,22,25)/t12-,14-/m1/s1. The molecule has 5 nitrogen and oxygen atoms in total. The van der Waals surface area contributed by atoms with Crippen molar-refractivity contribution in [1.29, 1.82) is 0 Å². The predicted octanol–water partition coefficient (Wildman–Crippen LogP) is 4.16. The zero-order chi connectivity index (χ0) is 19.3. The number of thiophene rings is 1. The second kappa shape index (κ2) is 6.44. The van der Waals surface area contributed by atoms with Crippen molar-refractivity contribution >= 4 is 33.1 Å². The van der Waals surface area contributed by atoms with Gasteiger partial charge in [-0.25, -0.2) is 4.98 Å². The molecule has 4 rings (SSSR count). The quantitative estimate of drug-likeness (QED) is 0.723. The number of nitrogens with zero attached hydrogens (tertiary/aromatic N) is 2. The van der Waals surface area contributed by atoms with E-state index >= 15 is 0 Å². The van der Waals surface area contributed by atoms with Gasteiger partial charge in [-0.15, -0.1) is 11.3 Å². The zero-order valence-corrected chi connectivity index (χ0v) is 17.0. The van der Waals surface area contributed by atoms with Gasteiger partial charge in [-0.1, -0.05) is 26.8 Å². The van der Waals surface area contributed by atoms with E-state index in [0.717, 1.165) is 18.4 Å². The molecule has 1 aliphatic rings. The van der Waals surface area contributed by atoms with E-state index < -0.39 is 0 Å². The Morgan fingerprint density at radius 1 is 1.37 bits per heavy atom. The van der Waals surface area contributed by atoms with Gasteiger partial charge in [0, 0.05) is 12.2 Å². The van der Waals surface area contributed by atoms with Gasteiger partial charge in [0.2, 0.25) is 0 Å². The van der Waals surface area contributed by atoms with E-state index in [1.807, 2.05) is 19.1 Å². The Hall–Kier alpha value is -2.21. The van der Waals surface area contributed by atoms with Crippen LogP contribution in [0.4, 0.5) is 0 Å². The lowest BCUT2D eigenvalue weighted by molar-refractivity contribution is 0.0878. The molecule has 1 amide bonds. The average Bonchev–Trinajstić information content (AvgIpc) is 2.99. The lowest BCUT2D eigenvalue weighted by atomic mass is 9.70. The Balaban J connectivity index is 1.67. The topological polar surface area (TPSA) is 63.5 Å². The van der Waals surface area contributed by atoms with E-state index in [1.54, 1.807) is 16.7 Å². The molecule has 0 radical (unpaired) electrons. The zero-order valence-electron chi connectivity index (χ0n) is 16.2. The molecular formula is C21H25N3O2S. The Morgan fingerprint density at radius 3 is 2.89 bits per heavy atom. The smallest absolute Gasteiger partial charge is 0.266 e. The summed E-state index contributed by atoms with van der Waals surface area (Å²) in [4.78, 5) is 31.4. The van der Waals surface area contributed by atoms with Crippen LogP contribution in [-0.2, 0) is 0 Å². The highest BCUT2D eigenvalue weighted by atomic mass is 32.1. The van der Waals surface area contributed by atoms with Crippen molar-refractivity contribution in [3.8, 4) is 0 Å². The van der Waals surface area contributed by atoms with Gasteiger partial charge in [-0.3, -0.25) is 14.0 Å². The summed E-state index contributed by atoms with van der Waals surface area (Å²) in [5.41, 5.74) is 1.70. The van der Waals surface area contributed by atoms with Crippen molar-refractivity contribution in [1.82, 2.24) is 14.7 Å². The molecule has 2 atom stereocenters. The number of rotatable bonds is 2. The van der Waals surface area contributed by atoms with Crippen LogP contribution in [0.1, 0.15) is 55.3 Å². The van der Waals surface area contributed by atoms with Gasteiger partial charge in [0.1, 0.15) is 10.5 Å². The minimum absolute atomic E-state index is 0.0990. The average molecular weight is 384 g/mol. The van der Waals surface area contributed by atoms with Gasteiger partial charge in [0.15, 0.2) is 0 Å². The first kappa shape index (κ1) is 18.2. The van der Waals surface area contributed by atoms with Crippen molar-refractivity contribution in [2.75, 3.05) is 0 Å². The van der Waals surface area contributed by atoms with Crippen molar-refractivity contribution in [3.63, 3.8) is 0 Å². The molecule has 0 spiro atoms. The summed E-state index contributed by atoms with van der Waals surface area (Å²) in [5, 5.41) is 3.69. The number of amides is 1. The summed E-state index contributed by atoms with van der Waals surface area (Å²) in [6.07, 6.45) is 4.90. The molecule has 0 aliphatic heterocycles. The molecule has 3 aromatic rings. The fourth-order valence-corrected chi connectivity index (χ4v) is 5.51. The molecule has 27 heavy (non-hydrogen) atoms. The fourth-order valence-electron chi connectivity index (χ4n) is 4.58. The monoisotopic (exact) mass is 383 g/mol. The number of aromatic nitrogens is 2. The lowest BCUT2D eigenvalue weighted by Crippen LogP contribution is -2.42. The van der Waals surface area contributed by atoms with Crippen molar-refractivity contribution in [2.45, 2.75) is 53.0 Å². The van der Waals surface area contributed by atoms with Gasteiger partial charge in [0.25, 0.3) is 11.5 Å². The van der Waals surface area contributed by atoms with E-state index in [2.05, 4.69) is 31.1 Å². The highest BCUT2D eigenvalue weighted by Gasteiger charge is 2.33. The molecule has 1 saturated carbocycles. The van der Waals surface area contributed by atoms with E-state index in [0.29, 0.717) is 26.7 Å². The third-order valence-electron chi connectivity index (χ3n) is 5.48. The minimum Gasteiger partial charge on any atom is -0.349 e. The van der Waals surface area contributed by atoms with E-state index in [9.17, 15) is 9.59 Å². The van der Waals surface area contributed by atoms with Gasteiger partial charge >= 0.3 is 0 Å². The molecule has 142 valence electrons. The van der Waals surface area contributed by atoms with Gasteiger partial charge < -0.3 is 5.32 Å². The Kier molecular flexibility index (Phi) is 4.34. The number of fused-ring (bicyclic) bond motifs is 2. The predicted molar refractivity (Wildman–Crippen MR) is 110 cm³/mol. The molecule has 0 unspecified atom stereocenters. The van der Waals surface area contributed by atoms with Crippen LogP contribution in [0.2, 0.25) is 0 Å². The second-order valence-corrected chi connectivity index (χ2v) is 9.75. The van der Waals surface area contributed by atoms with Crippen LogP contribution in [0, 0.1) is 18.3 Å². The van der Waals surface area contributed by atoms with Crippen LogP contribution < -0.4 is 10.9 Å². The summed E-state index contributed by atoms with van der Waals surface area (Å²) < 4.78 is 1.55. The Morgan fingerprint density at radius 2 is 2.15 bits per heavy atom. The van der Waals surface area contributed by atoms with Gasteiger partial charge in [0.05, 0.1) is 10.3 Å². The van der Waals surface area contributed by atoms with Crippen molar-refractivity contribution < 1.29 is 4.79 Å². The van der Waals surface area contributed by atoms with Crippen LogP contribution in [0.3, 0.4) is 0 Å². The van der Waals surface area contributed by atoms with Gasteiger partial charge in [-0.2, -0.15) is 0 Å². The largest absolute Gasteiger partial charge is 0.349 e. The minimum atomic E-state index is -0.124. The number of hydrogen-bond donors (Lipinski definition) is 1. The first-order valence-electron chi connectivity index (χ1n) is 9.46. The molecule has 1 fully saturated rings. The summed E-state index contributed by atoms with van der Waals surface area (Å²) in [5.74, 6) is 0.499. The van der Waals surface area contributed by atoms with Gasteiger partial charge in [-0.05, 0) is 55.2 Å². The van der Waals surface area contributed by atoms with Crippen LogP contribution in [0.5, 0.6) is 0 Å². The highest BCUT2D eigenvalue weighted by Crippen LogP contribution is 2.38. The number of carbonyl (C=O) groups excluding carboxylic acids is 1. The number of aryl methyl sites for hydroxylation is 1. The number of hydrogen-bond acceptors (Lipinski definition) is 4. The third-order valence-corrected chi connectivity index (χ3v) is 6.51. The molecule has 1 aliphatic carbocycles. The number of carbonyl (C=O) groups is 1. The number of nitrogens with one attached hydrogen (secondary N) is 1. The maximum atomic E-state index is 12.8. The Bertz CT molecular complexity index is 1100. The molecule has 0 saturated heterocycles. The summed E-state index contributed by atoms with van der Waals surface area (Å²) in [7, 11) is 0. The SMILES string of the molecule is Cc1cccn2c(=O)c3cc(C(=O)N[C@@H]4C[C@@H](C)CC(C)(C)C4)sc3nc12. The first-order chi connectivity index (χ1) is 12.7. The molecule has 3 heterocycles. The van der Waals surface area contributed by atoms with Crippen LogP contribution in [-0.4, -0.2) is 21.3 Å². The van der Waals surface area contributed by atoms with Crippen molar-refractivity contribution in [2.24, 2.45) is 11.3 Å². The normalized spacial score (nSPS) is 22.2. The molecule has 0 bridgehead atoms. The maximum absolute atomic E-state index is 12.8. The number of pyridine rings is 1. The third kappa shape index (κ3) is 3.38.